The minimum Gasteiger partial charge on any atom is -0.493 e. The van der Waals surface area contributed by atoms with Crippen molar-refractivity contribution in [2.75, 3.05) is 6.61 Å². The summed E-state index contributed by atoms with van der Waals surface area (Å²) in [4.78, 5) is 0. The van der Waals surface area contributed by atoms with Gasteiger partial charge in [0, 0.05) is 4.47 Å². The summed E-state index contributed by atoms with van der Waals surface area (Å²) < 4.78 is 6.55. The molecule has 0 aliphatic carbocycles. The van der Waals surface area contributed by atoms with Gasteiger partial charge in [-0.1, -0.05) is 39.7 Å². The number of hydrogen-bond acceptors (Lipinski definition) is 2. The molecule has 2 nitrogen and oxygen atoms in total. The molecular weight excluding hydrogens is 316 g/mol. The Kier molecular flexibility index (Phi) is 3.81. The third kappa shape index (κ3) is 2.60. The largest absolute Gasteiger partial charge is 0.493 e. The molecule has 3 heteroatoms. The molecule has 0 spiro atoms. The second kappa shape index (κ2) is 5.58. The first-order valence-electron chi connectivity index (χ1n) is 6.85. The zero-order chi connectivity index (χ0) is 14.1. The zero-order valence-electron chi connectivity index (χ0n) is 11.4. The summed E-state index contributed by atoms with van der Waals surface area (Å²) in [7, 11) is 0. The molecule has 0 saturated carbocycles. The molecule has 1 heterocycles. The Bertz CT molecular complexity index is 637. The van der Waals surface area contributed by atoms with Crippen molar-refractivity contribution in [2.24, 2.45) is 0 Å². The molecule has 1 aliphatic heterocycles. The monoisotopic (exact) mass is 332 g/mol. The van der Waals surface area contributed by atoms with Crippen LogP contribution in [0.15, 0.2) is 40.9 Å². The van der Waals surface area contributed by atoms with E-state index in [4.69, 9.17) is 4.74 Å². The molecule has 104 valence electrons. The molecule has 3 rings (SSSR count). The lowest BCUT2D eigenvalue weighted by molar-refractivity contribution is 0.218. The predicted octanol–water partition coefficient (Wildman–Crippen LogP) is 4.16. The lowest BCUT2D eigenvalue weighted by atomic mass is 9.96. The third-order valence-corrected chi connectivity index (χ3v) is 4.42. The Morgan fingerprint density at radius 2 is 2.05 bits per heavy atom. The first kappa shape index (κ1) is 13.7. The van der Waals surface area contributed by atoms with Gasteiger partial charge >= 0.3 is 0 Å². The highest BCUT2D eigenvalue weighted by atomic mass is 79.9. The van der Waals surface area contributed by atoms with Crippen molar-refractivity contribution in [2.45, 2.75) is 25.9 Å². The minimum absolute atomic E-state index is 0.614. The van der Waals surface area contributed by atoms with Crippen LogP contribution < -0.4 is 4.74 Å². The summed E-state index contributed by atoms with van der Waals surface area (Å²) in [6.45, 7) is 2.82. The molecule has 0 saturated heterocycles. The van der Waals surface area contributed by atoms with E-state index in [1.54, 1.807) is 0 Å². The van der Waals surface area contributed by atoms with Crippen molar-refractivity contribution in [3.8, 4) is 5.75 Å². The Balaban J connectivity index is 1.97. The summed E-state index contributed by atoms with van der Waals surface area (Å²) in [5.41, 5.74) is 4.15. The Labute approximate surface area is 127 Å². The topological polar surface area (TPSA) is 29.5 Å². The van der Waals surface area contributed by atoms with Crippen molar-refractivity contribution in [1.82, 2.24) is 0 Å². The van der Waals surface area contributed by atoms with E-state index in [9.17, 15) is 5.11 Å². The molecule has 1 unspecified atom stereocenters. The van der Waals surface area contributed by atoms with Crippen LogP contribution in [0.25, 0.3) is 0 Å². The quantitative estimate of drug-likeness (QED) is 0.894. The molecule has 0 fully saturated rings. The van der Waals surface area contributed by atoms with Crippen molar-refractivity contribution in [3.63, 3.8) is 0 Å². The van der Waals surface area contributed by atoms with Crippen LogP contribution in [0.4, 0.5) is 0 Å². The number of halogens is 1. The second-order valence-corrected chi connectivity index (χ2v) is 6.10. The van der Waals surface area contributed by atoms with Gasteiger partial charge in [-0.05, 0) is 54.7 Å². The normalized spacial score (nSPS) is 15.3. The van der Waals surface area contributed by atoms with Crippen LogP contribution in [0.3, 0.4) is 0 Å². The second-order valence-electron chi connectivity index (χ2n) is 5.25. The van der Waals surface area contributed by atoms with Gasteiger partial charge in [0.25, 0.3) is 0 Å². The molecule has 0 radical (unpaired) electrons. The highest BCUT2D eigenvalue weighted by molar-refractivity contribution is 9.10. The first-order chi connectivity index (χ1) is 9.65. The molecule has 0 aromatic heterocycles. The summed E-state index contributed by atoms with van der Waals surface area (Å²) in [5, 5.41) is 10.6. The van der Waals surface area contributed by atoms with Gasteiger partial charge in [-0.25, -0.2) is 0 Å². The van der Waals surface area contributed by atoms with Gasteiger partial charge in [-0.2, -0.15) is 0 Å². The lowest BCUT2D eigenvalue weighted by Gasteiger charge is -2.20. The van der Waals surface area contributed by atoms with Crippen LogP contribution in [0, 0.1) is 6.92 Å². The fraction of sp³-hybridized carbons (Fsp3) is 0.294. The third-order valence-electron chi connectivity index (χ3n) is 3.69. The number of hydrogen-bond donors (Lipinski definition) is 1. The van der Waals surface area contributed by atoms with E-state index in [0.29, 0.717) is 0 Å². The molecule has 1 aliphatic rings. The standard InChI is InChI=1S/C17H17BrO2/c1-11-4-6-15(18)14(9-11)17(19)13-5-7-16-12(10-13)3-2-8-20-16/h4-7,9-10,17,19H,2-3,8H2,1H3. The van der Waals surface area contributed by atoms with E-state index >= 15 is 0 Å². The zero-order valence-corrected chi connectivity index (χ0v) is 13.0. The van der Waals surface area contributed by atoms with Crippen LogP contribution in [-0.4, -0.2) is 11.7 Å². The SMILES string of the molecule is Cc1ccc(Br)c(C(O)c2ccc3c(c2)CCCO3)c1. The van der Waals surface area contributed by atoms with Crippen LogP contribution in [-0.2, 0) is 6.42 Å². The summed E-state index contributed by atoms with van der Waals surface area (Å²) >= 11 is 3.52. The number of aliphatic hydroxyl groups excluding tert-OH is 1. The van der Waals surface area contributed by atoms with Crippen molar-refractivity contribution in [1.29, 1.82) is 0 Å². The molecule has 1 atom stereocenters. The van der Waals surface area contributed by atoms with Gasteiger partial charge in [-0.3, -0.25) is 0 Å². The van der Waals surface area contributed by atoms with E-state index in [-0.39, 0.29) is 0 Å². The van der Waals surface area contributed by atoms with E-state index in [1.807, 2.05) is 37.3 Å². The average Bonchev–Trinajstić information content (AvgIpc) is 2.48. The van der Waals surface area contributed by atoms with Gasteiger partial charge in [0.15, 0.2) is 0 Å². The van der Waals surface area contributed by atoms with Crippen LogP contribution in [0.2, 0.25) is 0 Å². The maximum Gasteiger partial charge on any atom is 0.122 e. The Hall–Kier alpha value is -1.32. The first-order valence-corrected chi connectivity index (χ1v) is 7.64. The maximum absolute atomic E-state index is 10.6. The molecule has 0 amide bonds. The molecule has 1 N–H and O–H groups in total. The molecule has 2 aromatic carbocycles. The van der Waals surface area contributed by atoms with Crippen molar-refractivity contribution >= 4 is 15.9 Å². The van der Waals surface area contributed by atoms with Crippen molar-refractivity contribution < 1.29 is 9.84 Å². The fourth-order valence-corrected chi connectivity index (χ4v) is 3.07. The lowest BCUT2D eigenvalue weighted by Crippen LogP contribution is -2.10. The smallest absolute Gasteiger partial charge is 0.122 e. The van der Waals surface area contributed by atoms with E-state index in [0.717, 1.165) is 46.4 Å². The average molecular weight is 333 g/mol. The van der Waals surface area contributed by atoms with Crippen LogP contribution in [0.1, 0.15) is 34.8 Å². The van der Waals surface area contributed by atoms with E-state index in [1.165, 1.54) is 5.56 Å². The van der Waals surface area contributed by atoms with Gasteiger partial charge in [-0.15, -0.1) is 0 Å². The van der Waals surface area contributed by atoms with E-state index < -0.39 is 6.10 Å². The number of fused-ring (bicyclic) bond motifs is 1. The Morgan fingerprint density at radius 1 is 1.20 bits per heavy atom. The highest BCUT2D eigenvalue weighted by Gasteiger charge is 2.17. The summed E-state index contributed by atoms with van der Waals surface area (Å²) in [5.74, 6) is 0.954. The number of aliphatic hydroxyl groups is 1. The molecule has 0 bridgehead atoms. The van der Waals surface area contributed by atoms with Crippen LogP contribution >= 0.6 is 15.9 Å². The number of rotatable bonds is 2. The molecule has 2 aromatic rings. The van der Waals surface area contributed by atoms with Gasteiger partial charge in [0.1, 0.15) is 11.9 Å². The molecular formula is C17H17BrO2. The van der Waals surface area contributed by atoms with Crippen LogP contribution in [0.5, 0.6) is 5.75 Å². The summed E-state index contributed by atoms with van der Waals surface area (Å²) in [6, 6.07) is 12.0. The number of ether oxygens (including phenoxy) is 1. The van der Waals surface area contributed by atoms with Gasteiger partial charge in [0.05, 0.1) is 6.61 Å². The minimum atomic E-state index is -0.614. The number of aryl methyl sites for hydroxylation is 2. The molecule has 20 heavy (non-hydrogen) atoms. The van der Waals surface area contributed by atoms with Crippen molar-refractivity contribution in [3.05, 3.63) is 63.1 Å². The fourth-order valence-electron chi connectivity index (χ4n) is 2.60. The maximum atomic E-state index is 10.6. The highest BCUT2D eigenvalue weighted by Crippen LogP contribution is 2.33. The van der Waals surface area contributed by atoms with Gasteiger partial charge < -0.3 is 9.84 Å². The summed E-state index contributed by atoms with van der Waals surface area (Å²) in [6.07, 6.45) is 1.45. The number of benzene rings is 2. The van der Waals surface area contributed by atoms with E-state index in [2.05, 4.69) is 22.0 Å². The Morgan fingerprint density at radius 3 is 2.90 bits per heavy atom. The van der Waals surface area contributed by atoms with Gasteiger partial charge in [0.2, 0.25) is 0 Å². The predicted molar refractivity (Wildman–Crippen MR) is 83.2 cm³/mol.